The normalized spacial score (nSPS) is 20.8. The lowest BCUT2D eigenvalue weighted by atomic mass is 9.83. The molecular formula is C13H14O3. The molecule has 16 heavy (non-hydrogen) atoms. The van der Waals surface area contributed by atoms with Gasteiger partial charge in [-0.1, -0.05) is 18.6 Å². The van der Waals surface area contributed by atoms with Crippen LogP contribution in [0.15, 0.2) is 24.3 Å². The van der Waals surface area contributed by atoms with E-state index in [4.69, 9.17) is 5.11 Å². The highest BCUT2D eigenvalue weighted by atomic mass is 16.4. The maximum absolute atomic E-state index is 11.7. The number of carbonyl (C=O) groups excluding carboxylic acids is 1. The van der Waals surface area contributed by atoms with Crippen molar-refractivity contribution >= 4 is 11.8 Å². The van der Waals surface area contributed by atoms with Gasteiger partial charge in [0.25, 0.3) is 0 Å². The number of carboxylic acids is 1. The molecule has 0 saturated heterocycles. The van der Waals surface area contributed by atoms with Crippen LogP contribution >= 0.6 is 0 Å². The van der Waals surface area contributed by atoms with Crippen molar-refractivity contribution < 1.29 is 14.7 Å². The molecule has 1 saturated carbocycles. The van der Waals surface area contributed by atoms with Gasteiger partial charge in [-0.3, -0.25) is 4.79 Å². The summed E-state index contributed by atoms with van der Waals surface area (Å²) in [6, 6.07) is 6.66. The zero-order valence-corrected chi connectivity index (χ0v) is 8.98. The Balaban J connectivity index is 2.20. The predicted octanol–water partition coefficient (Wildman–Crippen LogP) is 2.61. The standard InChI is InChI=1S/C13H14O3/c14-12-4-2-1-3-11(12)9-5-7-10(8-6-9)13(15)16/h5-8,11H,1-4H2,(H,15,16)/t11-/m0/s1. The van der Waals surface area contributed by atoms with Crippen molar-refractivity contribution in [2.45, 2.75) is 31.6 Å². The Morgan fingerprint density at radius 2 is 1.88 bits per heavy atom. The average molecular weight is 218 g/mol. The van der Waals surface area contributed by atoms with Crippen molar-refractivity contribution in [3.63, 3.8) is 0 Å². The lowest BCUT2D eigenvalue weighted by Gasteiger charge is -2.20. The first-order valence-corrected chi connectivity index (χ1v) is 5.54. The van der Waals surface area contributed by atoms with Crippen molar-refractivity contribution in [2.24, 2.45) is 0 Å². The van der Waals surface area contributed by atoms with Gasteiger partial charge in [-0.05, 0) is 30.5 Å². The third kappa shape index (κ3) is 2.13. The zero-order valence-electron chi connectivity index (χ0n) is 8.98. The SMILES string of the molecule is O=C(O)c1ccc([C@@H]2CCCCC2=O)cc1. The monoisotopic (exact) mass is 218 g/mol. The van der Waals surface area contributed by atoms with Crippen LogP contribution in [-0.4, -0.2) is 16.9 Å². The average Bonchev–Trinajstić information content (AvgIpc) is 2.30. The molecule has 84 valence electrons. The number of aromatic carboxylic acids is 1. The molecule has 1 aliphatic rings. The van der Waals surface area contributed by atoms with Crippen molar-refractivity contribution in [3.05, 3.63) is 35.4 Å². The topological polar surface area (TPSA) is 54.4 Å². The summed E-state index contributed by atoms with van der Waals surface area (Å²) < 4.78 is 0. The highest BCUT2D eigenvalue weighted by molar-refractivity contribution is 5.89. The molecule has 1 N–H and O–H groups in total. The Labute approximate surface area is 94.1 Å². The van der Waals surface area contributed by atoms with Gasteiger partial charge in [0.15, 0.2) is 0 Å². The van der Waals surface area contributed by atoms with E-state index in [9.17, 15) is 9.59 Å². The van der Waals surface area contributed by atoms with Crippen molar-refractivity contribution in [3.8, 4) is 0 Å². The minimum atomic E-state index is -0.929. The van der Waals surface area contributed by atoms with Crippen LogP contribution in [0, 0.1) is 0 Å². The van der Waals surface area contributed by atoms with Crippen molar-refractivity contribution in [2.75, 3.05) is 0 Å². The van der Waals surface area contributed by atoms with E-state index in [-0.39, 0.29) is 17.3 Å². The number of rotatable bonds is 2. The summed E-state index contributed by atoms with van der Waals surface area (Å²) in [6.45, 7) is 0. The summed E-state index contributed by atoms with van der Waals surface area (Å²) in [7, 11) is 0. The molecular weight excluding hydrogens is 204 g/mol. The van der Waals surface area contributed by atoms with E-state index in [0.29, 0.717) is 6.42 Å². The number of Topliss-reactive ketones (excluding diaryl/α,β-unsaturated/α-hetero) is 1. The maximum atomic E-state index is 11.7. The van der Waals surface area contributed by atoms with E-state index in [0.717, 1.165) is 24.8 Å². The Morgan fingerprint density at radius 3 is 2.44 bits per heavy atom. The molecule has 0 unspecified atom stereocenters. The smallest absolute Gasteiger partial charge is 0.335 e. The Bertz CT molecular complexity index is 406. The van der Waals surface area contributed by atoms with E-state index in [1.807, 2.05) is 0 Å². The van der Waals surface area contributed by atoms with Gasteiger partial charge in [0, 0.05) is 12.3 Å². The fourth-order valence-electron chi connectivity index (χ4n) is 2.19. The summed E-state index contributed by atoms with van der Waals surface area (Å²) in [5.41, 5.74) is 1.22. The molecule has 0 spiro atoms. The van der Waals surface area contributed by atoms with Gasteiger partial charge in [-0.2, -0.15) is 0 Å². The number of carbonyl (C=O) groups is 2. The van der Waals surface area contributed by atoms with Gasteiger partial charge in [-0.15, -0.1) is 0 Å². The molecule has 0 heterocycles. The number of hydrogen-bond acceptors (Lipinski definition) is 2. The van der Waals surface area contributed by atoms with Gasteiger partial charge in [0.1, 0.15) is 5.78 Å². The van der Waals surface area contributed by atoms with Crippen LogP contribution in [0.25, 0.3) is 0 Å². The van der Waals surface area contributed by atoms with Crippen molar-refractivity contribution in [1.29, 1.82) is 0 Å². The molecule has 2 rings (SSSR count). The van der Waals surface area contributed by atoms with Gasteiger partial charge < -0.3 is 5.11 Å². The Hall–Kier alpha value is -1.64. The molecule has 0 radical (unpaired) electrons. The summed E-state index contributed by atoms with van der Waals surface area (Å²) in [5.74, 6) is -0.660. The van der Waals surface area contributed by atoms with Crippen LogP contribution in [0.2, 0.25) is 0 Å². The third-order valence-corrected chi connectivity index (χ3v) is 3.11. The van der Waals surface area contributed by atoms with Crippen LogP contribution in [0.5, 0.6) is 0 Å². The molecule has 0 aromatic heterocycles. The molecule has 3 heteroatoms. The minimum absolute atomic E-state index is 0.0170. The molecule has 0 bridgehead atoms. The molecule has 3 nitrogen and oxygen atoms in total. The van der Waals surface area contributed by atoms with E-state index < -0.39 is 5.97 Å². The fourth-order valence-corrected chi connectivity index (χ4v) is 2.19. The zero-order chi connectivity index (χ0) is 11.5. The van der Waals surface area contributed by atoms with E-state index >= 15 is 0 Å². The Kier molecular flexibility index (Phi) is 3.04. The van der Waals surface area contributed by atoms with E-state index in [1.54, 1.807) is 24.3 Å². The van der Waals surface area contributed by atoms with E-state index in [1.165, 1.54) is 0 Å². The second kappa shape index (κ2) is 4.47. The van der Waals surface area contributed by atoms with E-state index in [2.05, 4.69) is 0 Å². The summed E-state index contributed by atoms with van der Waals surface area (Å²) in [5, 5.41) is 8.77. The molecule has 1 atom stereocenters. The van der Waals surface area contributed by atoms with Gasteiger partial charge in [-0.25, -0.2) is 4.79 Å². The predicted molar refractivity (Wildman–Crippen MR) is 59.6 cm³/mol. The summed E-state index contributed by atoms with van der Waals surface area (Å²) in [6.07, 6.45) is 3.62. The van der Waals surface area contributed by atoms with Crippen molar-refractivity contribution in [1.82, 2.24) is 0 Å². The maximum Gasteiger partial charge on any atom is 0.335 e. The molecule has 1 aliphatic carbocycles. The quantitative estimate of drug-likeness (QED) is 0.830. The van der Waals surface area contributed by atoms with Crippen LogP contribution < -0.4 is 0 Å². The minimum Gasteiger partial charge on any atom is -0.478 e. The van der Waals surface area contributed by atoms with Crippen LogP contribution in [0.1, 0.15) is 47.5 Å². The molecule has 1 aromatic rings. The number of carboxylic acid groups (broad SMARTS) is 1. The lowest BCUT2D eigenvalue weighted by Crippen LogP contribution is -2.17. The number of benzene rings is 1. The fraction of sp³-hybridized carbons (Fsp3) is 0.385. The Morgan fingerprint density at radius 1 is 1.19 bits per heavy atom. The first kappa shape index (κ1) is 10.9. The summed E-state index contributed by atoms with van der Waals surface area (Å²) in [4.78, 5) is 22.4. The van der Waals surface area contributed by atoms with Crippen LogP contribution in [0.3, 0.4) is 0 Å². The second-order valence-corrected chi connectivity index (χ2v) is 4.19. The van der Waals surface area contributed by atoms with Crippen LogP contribution in [-0.2, 0) is 4.79 Å². The third-order valence-electron chi connectivity index (χ3n) is 3.11. The molecule has 1 fully saturated rings. The van der Waals surface area contributed by atoms with Crippen LogP contribution in [0.4, 0.5) is 0 Å². The number of ketones is 1. The number of hydrogen-bond donors (Lipinski definition) is 1. The first-order chi connectivity index (χ1) is 7.68. The first-order valence-electron chi connectivity index (χ1n) is 5.54. The van der Waals surface area contributed by atoms with Gasteiger partial charge in [0.2, 0.25) is 0 Å². The molecule has 0 aliphatic heterocycles. The highest BCUT2D eigenvalue weighted by Crippen LogP contribution is 2.29. The second-order valence-electron chi connectivity index (χ2n) is 4.19. The molecule has 1 aromatic carbocycles. The lowest BCUT2D eigenvalue weighted by molar-refractivity contribution is -0.121. The summed E-state index contributed by atoms with van der Waals surface area (Å²) >= 11 is 0. The van der Waals surface area contributed by atoms with Gasteiger partial charge >= 0.3 is 5.97 Å². The van der Waals surface area contributed by atoms with Gasteiger partial charge in [0.05, 0.1) is 5.56 Å². The highest BCUT2D eigenvalue weighted by Gasteiger charge is 2.23. The largest absolute Gasteiger partial charge is 0.478 e. The molecule has 0 amide bonds.